The molecule has 3 aromatic heterocycles. The van der Waals surface area contributed by atoms with E-state index in [0.717, 1.165) is 5.56 Å². The van der Waals surface area contributed by atoms with Crippen molar-refractivity contribution >= 4 is 17.8 Å². The van der Waals surface area contributed by atoms with Crippen molar-refractivity contribution in [2.24, 2.45) is 0 Å². The standard InChI is InChI=1S/C16H14N4O4/c21-14(18-8-5-11-3-6-17-7-4-11)12-10-24-16(19-12)20-15(22)13-2-1-9-23-13/h1-4,6-7,9-10H,5,8H2,(H,18,21)(H,19,20,22). The summed E-state index contributed by atoms with van der Waals surface area (Å²) < 4.78 is 10.0. The Kier molecular flexibility index (Phi) is 4.66. The maximum Gasteiger partial charge on any atom is 0.302 e. The lowest BCUT2D eigenvalue weighted by Crippen LogP contribution is -2.26. The first-order valence-corrected chi connectivity index (χ1v) is 7.20. The molecule has 8 heteroatoms. The highest BCUT2D eigenvalue weighted by molar-refractivity contribution is 6.01. The highest BCUT2D eigenvalue weighted by atomic mass is 16.4. The summed E-state index contributed by atoms with van der Waals surface area (Å²) in [5.74, 6) is -0.769. The van der Waals surface area contributed by atoms with Crippen LogP contribution in [0.4, 0.5) is 6.01 Å². The van der Waals surface area contributed by atoms with Crippen molar-refractivity contribution < 1.29 is 18.4 Å². The monoisotopic (exact) mass is 326 g/mol. The molecule has 0 bridgehead atoms. The number of hydrogen-bond acceptors (Lipinski definition) is 6. The SMILES string of the molecule is O=C(NCCc1ccncc1)c1coc(NC(=O)c2ccco2)n1. The van der Waals surface area contributed by atoms with Crippen molar-refractivity contribution in [2.45, 2.75) is 6.42 Å². The average molecular weight is 326 g/mol. The first-order chi connectivity index (χ1) is 11.7. The Morgan fingerprint density at radius 1 is 1.08 bits per heavy atom. The number of hydrogen-bond donors (Lipinski definition) is 2. The molecular formula is C16H14N4O4. The third-order valence-electron chi connectivity index (χ3n) is 3.15. The van der Waals surface area contributed by atoms with Gasteiger partial charge in [0.1, 0.15) is 6.26 Å². The van der Waals surface area contributed by atoms with E-state index in [0.29, 0.717) is 13.0 Å². The molecule has 122 valence electrons. The maximum atomic E-state index is 12.0. The van der Waals surface area contributed by atoms with Gasteiger partial charge >= 0.3 is 6.01 Å². The molecule has 0 aliphatic heterocycles. The molecule has 0 atom stereocenters. The molecule has 0 radical (unpaired) electrons. The lowest BCUT2D eigenvalue weighted by molar-refractivity contribution is 0.0947. The van der Waals surface area contributed by atoms with Crippen molar-refractivity contribution in [1.29, 1.82) is 0 Å². The summed E-state index contributed by atoms with van der Waals surface area (Å²) in [7, 11) is 0. The minimum absolute atomic E-state index is 0.0734. The molecule has 0 saturated carbocycles. The number of oxazole rings is 1. The number of carbonyl (C=O) groups excluding carboxylic acids is 2. The van der Waals surface area contributed by atoms with Crippen LogP contribution in [0, 0.1) is 0 Å². The van der Waals surface area contributed by atoms with Crippen molar-refractivity contribution in [3.8, 4) is 0 Å². The number of nitrogens with one attached hydrogen (secondary N) is 2. The number of amides is 2. The van der Waals surface area contributed by atoms with Gasteiger partial charge in [-0.05, 0) is 36.2 Å². The molecule has 0 aromatic carbocycles. The Bertz CT molecular complexity index is 812. The zero-order valence-corrected chi connectivity index (χ0v) is 12.6. The third-order valence-corrected chi connectivity index (χ3v) is 3.15. The van der Waals surface area contributed by atoms with E-state index in [2.05, 4.69) is 20.6 Å². The summed E-state index contributed by atoms with van der Waals surface area (Å²) >= 11 is 0. The highest BCUT2D eigenvalue weighted by Crippen LogP contribution is 2.10. The van der Waals surface area contributed by atoms with Gasteiger partial charge in [0.15, 0.2) is 11.5 Å². The summed E-state index contributed by atoms with van der Waals surface area (Å²) in [6.07, 6.45) is 6.63. The van der Waals surface area contributed by atoms with Gasteiger partial charge < -0.3 is 14.2 Å². The van der Waals surface area contributed by atoms with E-state index in [1.807, 2.05) is 12.1 Å². The zero-order chi connectivity index (χ0) is 16.8. The fourth-order valence-corrected chi connectivity index (χ4v) is 1.96. The first kappa shape index (κ1) is 15.5. The fraction of sp³-hybridized carbons (Fsp3) is 0.125. The van der Waals surface area contributed by atoms with Gasteiger partial charge in [0.25, 0.3) is 11.8 Å². The molecule has 0 spiro atoms. The number of anilines is 1. The van der Waals surface area contributed by atoms with Crippen LogP contribution in [-0.4, -0.2) is 28.3 Å². The van der Waals surface area contributed by atoms with Crippen LogP contribution in [-0.2, 0) is 6.42 Å². The van der Waals surface area contributed by atoms with E-state index in [1.165, 1.54) is 18.6 Å². The van der Waals surface area contributed by atoms with E-state index in [1.54, 1.807) is 18.5 Å². The van der Waals surface area contributed by atoms with Crippen LogP contribution in [0.5, 0.6) is 0 Å². The van der Waals surface area contributed by atoms with E-state index in [4.69, 9.17) is 8.83 Å². The quantitative estimate of drug-likeness (QED) is 0.715. The van der Waals surface area contributed by atoms with E-state index in [-0.39, 0.29) is 23.4 Å². The lowest BCUT2D eigenvalue weighted by Gasteiger charge is -2.02. The second-order valence-corrected chi connectivity index (χ2v) is 4.83. The second-order valence-electron chi connectivity index (χ2n) is 4.83. The summed E-state index contributed by atoms with van der Waals surface area (Å²) in [6, 6.07) is 6.78. The van der Waals surface area contributed by atoms with E-state index in [9.17, 15) is 9.59 Å². The summed E-state index contributed by atoms with van der Waals surface area (Å²) in [5.41, 5.74) is 1.15. The molecule has 3 aromatic rings. The average Bonchev–Trinajstić information content (AvgIpc) is 3.27. The first-order valence-electron chi connectivity index (χ1n) is 7.20. The van der Waals surface area contributed by atoms with Crippen molar-refractivity contribution in [1.82, 2.24) is 15.3 Å². The molecule has 0 aliphatic carbocycles. The third kappa shape index (κ3) is 3.86. The molecule has 2 amide bonds. The topological polar surface area (TPSA) is 110 Å². The maximum absolute atomic E-state index is 12.0. The van der Waals surface area contributed by atoms with Crippen LogP contribution in [0.25, 0.3) is 0 Å². The number of rotatable bonds is 6. The molecule has 2 N–H and O–H groups in total. The van der Waals surface area contributed by atoms with Crippen molar-refractivity contribution in [3.05, 3.63) is 66.2 Å². The van der Waals surface area contributed by atoms with E-state index < -0.39 is 5.91 Å². The van der Waals surface area contributed by atoms with Gasteiger partial charge in [-0.3, -0.25) is 19.9 Å². The number of carbonyl (C=O) groups is 2. The lowest BCUT2D eigenvalue weighted by atomic mass is 10.2. The van der Waals surface area contributed by atoms with Crippen LogP contribution in [0.2, 0.25) is 0 Å². The zero-order valence-electron chi connectivity index (χ0n) is 12.6. The molecule has 0 unspecified atom stereocenters. The second kappa shape index (κ2) is 7.23. The Hall–Kier alpha value is -3.42. The van der Waals surface area contributed by atoms with Crippen molar-refractivity contribution in [2.75, 3.05) is 11.9 Å². The Labute approximate surface area is 136 Å². The molecule has 0 fully saturated rings. The molecular weight excluding hydrogens is 312 g/mol. The van der Waals surface area contributed by atoms with Gasteiger partial charge in [-0.2, -0.15) is 4.98 Å². The number of furan rings is 1. The number of aromatic nitrogens is 2. The molecule has 0 aliphatic rings. The Balaban J connectivity index is 1.51. The van der Waals surface area contributed by atoms with Gasteiger partial charge in [0.05, 0.1) is 6.26 Å². The largest absolute Gasteiger partial charge is 0.459 e. The van der Waals surface area contributed by atoms with Crippen molar-refractivity contribution in [3.63, 3.8) is 0 Å². The Morgan fingerprint density at radius 3 is 2.67 bits per heavy atom. The van der Waals surface area contributed by atoms with Crippen LogP contribution < -0.4 is 10.6 Å². The molecule has 3 rings (SSSR count). The van der Waals surface area contributed by atoms with Crippen LogP contribution >= 0.6 is 0 Å². The summed E-state index contributed by atoms with van der Waals surface area (Å²) in [5, 5.41) is 5.13. The van der Waals surface area contributed by atoms with Gasteiger partial charge in [-0.25, -0.2) is 0 Å². The molecule has 0 saturated heterocycles. The highest BCUT2D eigenvalue weighted by Gasteiger charge is 2.15. The minimum atomic E-state index is -0.508. The predicted octanol–water partition coefficient (Wildman–Crippen LogP) is 1.89. The fourth-order valence-electron chi connectivity index (χ4n) is 1.96. The summed E-state index contributed by atoms with van der Waals surface area (Å²) in [4.78, 5) is 31.6. The van der Waals surface area contributed by atoms with Crippen LogP contribution in [0.15, 0.2) is 58.0 Å². The van der Waals surface area contributed by atoms with E-state index >= 15 is 0 Å². The summed E-state index contributed by atoms with van der Waals surface area (Å²) in [6.45, 7) is 0.448. The molecule has 3 heterocycles. The molecule has 24 heavy (non-hydrogen) atoms. The van der Waals surface area contributed by atoms with Gasteiger partial charge in [0.2, 0.25) is 0 Å². The van der Waals surface area contributed by atoms with Gasteiger partial charge in [-0.15, -0.1) is 0 Å². The number of pyridine rings is 1. The Morgan fingerprint density at radius 2 is 1.92 bits per heavy atom. The van der Waals surface area contributed by atoms with Crippen LogP contribution in [0.3, 0.4) is 0 Å². The van der Waals surface area contributed by atoms with Gasteiger partial charge in [-0.1, -0.05) is 0 Å². The smallest absolute Gasteiger partial charge is 0.302 e. The molecule has 8 nitrogen and oxygen atoms in total. The minimum Gasteiger partial charge on any atom is -0.459 e. The normalized spacial score (nSPS) is 10.3. The van der Waals surface area contributed by atoms with Crippen LogP contribution in [0.1, 0.15) is 26.6 Å². The predicted molar refractivity (Wildman–Crippen MR) is 83.4 cm³/mol. The van der Waals surface area contributed by atoms with Gasteiger partial charge in [0, 0.05) is 18.9 Å². The number of nitrogens with zero attached hydrogens (tertiary/aromatic N) is 2.